The molecule has 2 rings (SSSR count). The number of benzene rings is 2. The lowest BCUT2D eigenvalue weighted by Crippen LogP contribution is -2.08. The third-order valence-corrected chi connectivity index (χ3v) is 2.84. The summed E-state index contributed by atoms with van der Waals surface area (Å²) >= 11 is 0. The molecule has 2 aromatic carbocycles. The van der Waals surface area contributed by atoms with Crippen molar-refractivity contribution in [2.75, 3.05) is 11.9 Å². The van der Waals surface area contributed by atoms with E-state index < -0.39 is 11.6 Å². The maximum atomic E-state index is 13.7. The minimum absolute atomic E-state index is 0.0362. The molecule has 0 heterocycles. The van der Waals surface area contributed by atoms with E-state index in [1.807, 2.05) is 30.3 Å². The van der Waals surface area contributed by atoms with Gasteiger partial charge in [0.25, 0.3) is 0 Å². The van der Waals surface area contributed by atoms with Gasteiger partial charge in [-0.05, 0) is 30.5 Å². The molecule has 0 bridgehead atoms. The highest BCUT2D eigenvalue weighted by atomic mass is 19.1. The van der Waals surface area contributed by atoms with Crippen LogP contribution in [0.4, 0.5) is 14.5 Å². The van der Waals surface area contributed by atoms with Crippen LogP contribution in [0.25, 0.3) is 0 Å². The van der Waals surface area contributed by atoms with E-state index in [4.69, 9.17) is 0 Å². The van der Waals surface area contributed by atoms with Crippen LogP contribution in [0, 0.1) is 18.6 Å². The molecule has 0 aliphatic rings. The standard InChI is InChI=1S/C15H15F2N/c1-11-7-8-13(16)15(14(11)17)18-10-9-12-5-3-2-4-6-12/h2-8,18H,9-10H2,1H3. The molecule has 18 heavy (non-hydrogen) atoms. The van der Waals surface area contributed by atoms with Gasteiger partial charge in [-0.2, -0.15) is 0 Å². The average Bonchev–Trinajstić information content (AvgIpc) is 2.39. The highest BCUT2D eigenvalue weighted by Crippen LogP contribution is 2.21. The molecule has 0 unspecified atom stereocenters. The van der Waals surface area contributed by atoms with Gasteiger partial charge in [-0.3, -0.25) is 0 Å². The Balaban J connectivity index is 2.01. The van der Waals surface area contributed by atoms with Crippen LogP contribution >= 0.6 is 0 Å². The van der Waals surface area contributed by atoms with Crippen molar-refractivity contribution in [2.45, 2.75) is 13.3 Å². The van der Waals surface area contributed by atoms with Gasteiger partial charge < -0.3 is 5.32 Å². The summed E-state index contributed by atoms with van der Waals surface area (Å²) in [5.74, 6) is -1.06. The van der Waals surface area contributed by atoms with Crippen LogP contribution in [0.1, 0.15) is 11.1 Å². The van der Waals surface area contributed by atoms with Gasteiger partial charge in [-0.25, -0.2) is 8.78 Å². The van der Waals surface area contributed by atoms with E-state index in [0.29, 0.717) is 12.1 Å². The van der Waals surface area contributed by atoms with E-state index >= 15 is 0 Å². The van der Waals surface area contributed by atoms with Crippen molar-refractivity contribution in [2.24, 2.45) is 0 Å². The summed E-state index contributed by atoms with van der Waals surface area (Å²) in [5.41, 5.74) is 1.54. The van der Waals surface area contributed by atoms with Crippen LogP contribution in [0.2, 0.25) is 0 Å². The first-order valence-corrected chi connectivity index (χ1v) is 5.91. The summed E-state index contributed by atoms with van der Waals surface area (Å²) in [6.45, 7) is 2.12. The summed E-state index contributed by atoms with van der Waals surface area (Å²) in [5, 5.41) is 2.82. The van der Waals surface area contributed by atoms with Crippen LogP contribution < -0.4 is 5.32 Å². The molecule has 1 nitrogen and oxygen atoms in total. The fourth-order valence-corrected chi connectivity index (χ4v) is 1.80. The third kappa shape index (κ3) is 2.86. The van der Waals surface area contributed by atoms with E-state index in [-0.39, 0.29) is 5.69 Å². The van der Waals surface area contributed by atoms with Gasteiger partial charge in [0.05, 0.1) is 0 Å². The Bertz CT molecular complexity index is 524. The fraction of sp³-hybridized carbons (Fsp3) is 0.200. The first-order chi connectivity index (χ1) is 8.68. The van der Waals surface area contributed by atoms with Gasteiger partial charge in [0.15, 0.2) is 5.82 Å². The van der Waals surface area contributed by atoms with Crippen LogP contribution in [0.3, 0.4) is 0 Å². The summed E-state index contributed by atoms with van der Waals surface area (Å²) in [7, 11) is 0. The number of anilines is 1. The van der Waals surface area contributed by atoms with Crippen molar-refractivity contribution in [1.29, 1.82) is 0 Å². The van der Waals surface area contributed by atoms with Crippen LogP contribution in [-0.2, 0) is 6.42 Å². The first kappa shape index (κ1) is 12.6. The van der Waals surface area contributed by atoms with Crippen molar-refractivity contribution < 1.29 is 8.78 Å². The molecule has 2 aromatic rings. The quantitative estimate of drug-likeness (QED) is 0.863. The minimum atomic E-state index is -0.550. The Hall–Kier alpha value is -1.90. The molecular weight excluding hydrogens is 232 g/mol. The summed E-state index contributed by atoms with van der Waals surface area (Å²) in [6.07, 6.45) is 0.730. The average molecular weight is 247 g/mol. The van der Waals surface area contributed by atoms with Gasteiger partial charge in [-0.15, -0.1) is 0 Å². The number of aryl methyl sites for hydroxylation is 1. The number of halogens is 2. The van der Waals surface area contributed by atoms with E-state index in [1.165, 1.54) is 12.1 Å². The maximum Gasteiger partial charge on any atom is 0.152 e. The zero-order valence-electron chi connectivity index (χ0n) is 10.2. The van der Waals surface area contributed by atoms with Gasteiger partial charge in [0.1, 0.15) is 11.5 Å². The lowest BCUT2D eigenvalue weighted by Gasteiger charge is -2.10. The predicted molar refractivity (Wildman–Crippen MR) is 69.7 cm³/mol. The lowest BCUT2D eigenvalue weighted by atomic mass is 10.1. The topological polar surface area (TPSA) is 12.0 Å². The summed E-state index contributed by atoms with van der Waals surface area (Å²) in [4.78, 5) is 0. The highest BCUT2D eigenvalue weighted by molar-refractivity contribution is 5.49. The Morgan fingerprint density at radius 1 is 1.00 bits per heavy atom. The Labute approximate surface area is 105 Å². The summed E-state index contributed by atoms with van der Waals surface area (Å²) < 4.78 is 27.1. The van der Waals surface area contributed by atoms with Crippen LogP contribution in [-0.4, -0.2) is 6.54 Å². The molecule has 0 aromatic heterocycles. The molecule has 3 heteroatoms. The number of hydrogen-bond acceptors (Lipinski definition) is 1. The van der Waals surface area contributed by atoms with Gasteiger partial charge in [0, 0.05) is 6.54 Å². The van der Waals surface area contributed by atoms with E-state index in [9.17, 15) is 8.78 Å². The second kappa shape index (κ2) is 5.63. The van der Waals surface area contributed by atoms with Crippen LogP contribution in [0.5, 0.6) is 0 Å². The van der Waals surface area contributed by atoms with Gasteiger partial charge in [0.2, 0.25) is 0 Å². The van der Waals surface area contributed by atoms with Crippen molar-refractivity contribution in [3.63, 3.8) is 0 Å². The molecule has 0 amide bonds. The molecule has 0 atom stereocenters. The maximum absolute atomic E-state index is 13.7. The van der Waals surface area contributed by atoms with Crippen molar-refractivity contribution in [1.82, 2.24) is 0 Å². The molecule has 0 saturated carbocycles. The highest BCUT2D eigenvalue weighted by Gasteiger charge is 2.10. The Morgan fingerprint density at radius 2 is 1.72 bits per heavy atom. The molecule has 0 saturated heterocycles. The van der Waals surface area contributed by atoms with Crippen molar-refractivity contribution in [3.8, 4) is 0 Å². The third-order valence-electron chi connectivity index (χ3n) is 2.84. The van der Waals surface area contributed by atoms with E-state index in [0.717, 1.165) is 12.0 Å². The molecular formula is C15H15F2N. The number of rotatable bonds is 4. The van der Waals surface area contributed by atoms with Crippen molar-refractivity contribution in [3.05, 3.63) is 65.2 Å². The zero-order valence-corrected chi connectivity index (χ0v) is 10.2. The normalized spacial score (nSPS) is 10.4. The smallest absolute Gasteiger partial charge is 0.152 e. The second-order valence-corrected chi connectivity index (χ2v) is 4.22. The molecule has 0 aliphatic carbocycles. The van der Waals surface area contributed by atoms with Gasteiger partial charge in [-0.1, -0.05) is 36.4 Å². The SMILES string of the molecule is Cc1ccc(F)c(NCCc2ccccc2)c1F. The molecule has 94 valence electrons. The van der Waals surface area contributed by atoms with Gasteiger partial charge >= 0.3 is 0 Å². The fourth-order valence-electron chi connectivity index (χ4n) is 1.80. The minimum Gasteiger partial charge on any atom is -0.380 e. The predicted octanol–water partition coefficient (Wildman–Crippen LogP) is 3.93. The largest absolute Gasteiger partial charge is 0.380 e. The molecule has 0 aliphatic heterocycles. The summed E-state index contributed by atoms with van der Waals surface area (Å²) in [6, 6.07) is 12.5. The van der Waals surface area contributed by atoms with Crippen molar-refractivity contribution >= 4 is 5.69 Å². The zero-order chi connectivity index (χ0) is 13.0. The molecule has 0 fully saturated rings. The molecule has 0 radical (unpaired) electrons. The molecule has 1 N–H and O–H groups in total. The van der Waals surface area contributed by atoms with E-state index in [2.05, 4.69) is 5.32 Å². The molecule has 0 spiro atoms. The Morgan fingerprint density at radius 3 is 2.44 bits per heavy atom. The van der Waals surface area contributed by atoms with E-state index in [1.54, 1.807) is 6.92 Å². The second-order valence-electron chi connectivity index (χ2n) is 4.22. The number of hydrogen-bond donors (Lipinski definition) is 1. The first-order valence-electron chi connectivity index (χ1n) is 5.91. The monoisotopic (exact) mass is 247 g/mol. The Kier molecular flexibility index (Phi) is 3.92. The number of nitrogens with one attached hydrogen (secondary N) is 1. The lowest BCUT2D eigenvalue weighted by molar-refractivity contribution is 0.582. The van der Waals surface area contributed by atoms with Crippen LogP contribution in [0.15, 0.2) is 42.5 Å².